The zero-order valence-electron chi connectivity index (χ0n) is 5.50. The highest BCUT2D eigenvalue weighted by molar-refractivity contribution is 5.48. The van der Waals surface area contributed by atoms with Crippen molar-refractivity contribution in [3.05, 3.63) is 0 Å². The van der Waals surface area contributed by atoms with Gasteiger partial charge in [-0.1, -0.05) is 0 Å². The fraction of sp³-hybridized carbons (Fsp3) is 0.833. The van der Waals surface area contributed by atoms with Gasteiger partial charge in [0.1, 0.15) is 6.29 Å². The normalized spacial score (nSPS) is 11.4. The van der Waals surface area contributed by atoms with Gasteiger partial charge in [0, 0.05) is 12.8 Å². The van der Waals surface area contributed by atoms with Crippen molar-refractivity contribution in [1.29, 1.82) is 0 Å². The van der Waals surface area contributed by atoms with Crippen LogP contribution < -0.4 is 0 Å². The number of aldehydes is 1. The Bertz CT molecular complexity index is 82.8. The third-order valence-electron chi connectivity index (χ3n) is 0.972. The van der Waals surface area contributed by atoms with Gasteiger partial charge in [-0.25, -0.2) is 0 Å². The van der Waals surface area contributed by atoms with E-state index in [1.165, 1.54) is 6.92 Å². The van der Waals surface area contributed by atoms with E-state index in [0.717, 1.165) is 6.29 Å². The molecule has 0 saturated heterocycles. The number of hydrogen-bond donors (Lipinski definition) is 2. The summed E-state index contributed by atoms with van der Waals surface area (Å²) in [5.74, 6) is -1.61. The van der Waals surface area contributed by atoms with Crippen molar-refractivity contribution in [2.45, 2.75) is 32.0 Å². The summed E-state index contributed by atoms with van der Waals surface area (Å²) in [4.78, 5) is 9.73. The summed E-state index contributed by atoms with van der Waals surface area (Å²) >= 11 is 0. The van der Waals surface area contributed by atoms with Crippen molar-refractivity contribution in [3.8, 4) is 0 Å². The Morgan fingerprint density at radius 1 is 1.56 bits per heavy atom. The lowest BCUT2D eigenvalue weighted by atomic mass is 10.1. The van der Waals surface area contributed by atoms with Crippen LogP contribution in [0.4, 0.5) is 0 Å². The van der Waals surface area contributed by atoms with Gasteiger partial charge in [-0.15, -0.1) is 0 Å². The van der Waals surface area contributed by atoms with Crippen molar-refractivity contribution < 1.29 is 15.0 Å². The van der Waals surface area contributed by atoms with Crippen LogP contribution >= 0.6 is 0 Å². The quantitative estimate of drug-likeness (QED) is 0.323. The Kier molecular flexibility index (Phi) is 3.42. The summed E-state index contributed by atoms with van der Waals surface area (Å²) in [5.41, 5.74) is 0. The third kappa shape index (κ3) is 7.59. The van der Waals surface area contributed by atoms with E-state index >= 15 is 0 Å². The number of aliphatic hydroxyl groups is 2. The molecule has 2 N–H and O–H groups in total. The Balaban J connectivity index is 3.17. The molecule has 0 fully saturated rings. The molecule has 0 heterocycles. The first-order valence-corrected chi connectivity index (χ1v) is 2.94. The maximum Gasteiger partial charge on any atom is 0.159 e. The molecular formula is C6H12O3. The molecule has 0 aromatic heterocycles. The fourth-order valence-electron chi connectivity index (χ4n) is 0.520. The summed E-state index contributed by atoms with van der Waals surface area (Å²) in [7, 11) is 0. The maximum absolute atomic E-state index is 9.73. The van der Waals surface area contributed by atoms with Gasteiger partial charge in [-0.2, -0.15) is 0 Å². The molecule has 0 unspecified atom stereocenters. The van der Waals surface area contributed by atoms with Gasteiger partial charge in [0.15, 0.2) is 5.79 Å². The molecule has 54 valence electrons. The average molecular weight is 132 g/mol. The van der Waals surface area contributed by atoms with Crippen LogP contribution in [0.25, 0.3) is 0 Å². The predicted molar refractivity (Wildman–Crippen MR) is 32.8 cm³/mol. The van der Waals surface area contributed by atoms with E-state index in [1.54, 1.807) is 0 Å². The van der Waals surface area contributed by atoms with Gasteiger partial charge < -0.3 is 15.0 Å². The second-order valence-corrected chi connectivity index (χ2v) is 2.28. The molecule has 0 spiro atoms. The van der Waals surface area contributed by atoms with Crippen LogP contribution in [0.5, 0.6) is 0 Å². The summed E-state index contributed by atoms with van der Waals surface area (Å²) in [6.07, 6.45) is 1.96. The number of rotatable bonds is 4. The minimum Gasteiger partial charge on any atom is -0.366 e. The first-order chi connectivity index (χ1) is 4.06. The van der Waals surface area contributed by atoms with Crippen LogP contribution in [0.1, 0.15) is 26.2 Å². The van der Waals surface area contributed by atoms with Crippen molar-refractivity contribution in [3.63, 3.8) is 0 Å². The Labute approximate surface area is 54.3 Å². The highest BCUT2D eigenvalue weighted by Gasteiger charge is 2.12. The number of carbonyl (C=O) groups excluding carboxylic acids is 1. The van der Waals surface area contributed by atoms with E-state index in [9.17, 15) is 4.79 Å². The maximum atomic E-state index is 9.73. The minimum absolute atomic E-state index is 0.256. The molecule has 3 heteroatoms. The van der Waals surface area contributed by atoms with E-state index in [4.69, 9.17) is 10.2 Å². The van der Waals surface area contributed by atoms with E-state index < -0.39 is 5.79 Å². The molecule has 0 aliphatic heterocycles. The summed E-state index contributed by atoms with van der Waals surface area (Å²) in [5, 5.41) is 17.4. The molecule has 0 atom stereocenters. The van der Waals surface area contributed by atoms with Gasteiger partial charge in [0.2, 0.25) is 0 Å². The molecule has 0 aliphatic carbocycles. The molecule has 0 bridgehead atoms. The molecule has 0 rings (SSSR count). The number of unbranched alkanes of at least 4 members (excludes halogenated alkanes) is 1. The number of hydrogen-bond acceptors (Lipinski definition) is 3. The lowest BCUT2D eigenvalue weighted by Gasteiger charge is -2.13. The summed E-state index contributed by atoms with van der Waals surface area (Å²) < 4.78 is 0. The highest BCUT2D eigenvalue weighted by atomic mass is 16.5. The van der Waals surface area contributed by atoms with Crippen LogP contribution in [0.2, 0.25) is 0 Å². The molecule has 0 aromatic rings. The number of carbonyl (C=O) groups is 1. The Hall–Kier alpha value is -0.410. The SMILES string of the molecule is CC(O)(O)CCCC=O. The Morgan fingerprint density at radius 2 is 2.11 bits per heavy atom. The molecule has 0 amide bonds. The van der Waals surface area contributed by atoms with Gasteiger partial charge in [0.25, 0.3) is 0 Å². The van der Waals surface area contributed by atoms with Crippen LogP contribution in [-0.4, -0.2) is 22.3 Å². The van der Waals surface area contributed by atoms with E-state index in [2.05, 4.69) is 0 Å². The van der Waals surface area contributed by atoms with Crippen LogP contribution in [0.15, 0.2) is 0 Å². The largest absolute Gasteiger partial charge is 0.366 e. The second kappa shape index (κ2) is 3.58. The zero-order chi connectivity index (χ0) is 7.33. The van der Waals surface area contributed by atoms with E-state index in [0.29, 0.717) is 12.8 Å². The monoisotopic (exact) mass is 132 g/mol. The van der Waals surface area contributed by atoms with Crippen LogP contribution in [0, 0.1) is 0 Å². The summed E-state index contributed by atoms with van der Waals surface area (Å²) in [6, 6.07) is 0. The van der Waals surface area contributed by atoms with Gasteiger partial charge in [-0.05, 0) is 13.3 Å². The zero-order valence-corrected chi connectivity index (χ0v) is 5.50. The third-order valence-corrected chi connectivity index (χ3v) is 0.972. The minimum atomic E-state index is -1.61. The molecule has 0 saturated carbocycles. The predicted octanol–water partition coefficient (Wildman–Crippen LogP) is 0.0564. The second-order valence-electron chi connectivity index (χ2n) is 2.28. The fourth-order valence-corrected chi connectivity index (χ4v) is 0.520. The average Bonchev–Trinajstić information content (AvgIpc) is 1.63. The van der Waals surface area contributed by atoms with Gasteiger partial charge in [-0.3, -0.25) is 0 Å². The highest BCUT2D eigenvalue weighted by Crippen LogP contribution is 2.07. The van der Waals surface area contributed by atoms with Crippen LogP contribution in [-0.2, 0) is 4.79 Å². The van der Waals surface area contributed by atoms with Crippen molar-refractivity contribution in [2.75, 3.05) is 0 Å². The van der Waals surface area contributed by atoms with E-state index in [-0.39, 0.29) is 6.42 Å². The smallest absolute Gasteiger partial charge is 0.159 e. The molecule has 9 heavy (non-hydrogen) atoms. The van der Waals surface area contributed by atoms with Crippen molar-refractivity contribution in [1.82, 2.24) is 0 Å². The molecule has 0 aromatic carbocycles. The standard InChI is InChI=1S/C6H12O3/c1-6(8,9)4-2-3-5-7/h5,8-9H,2-4H2,1H3. The lowest BCUT2D eigenvalue weighted by Crippen LogP contribution is -2.22. The lowest BCUT2D eigenvalue weighted by molar-refractivity contribution is -0.150. The molecule has 0 radical (unpaired) electrons. The van der Waals surface area contributed by atoms with E-state index in [1.807, 2.05) is 0 Å². The van der Waals surface area contributed by atoms with Crippen LogP contribution in [0.3, 0.4) is 0 Å². The first-order valence-electron chi connectivity index (χ1n) is 2.94. The molecule has 3 nitrogen and oxygen atoms in total. The molecule has 0 aliphatic rings. The van der Waals surface area contributed by atoms with Crippen molar-refractivity contribution in [2.24, 2.45) is 0 Å². The summed E-state index contributed by atoms with van der Waals surface area (Å²) in [6.45, 7) is 1.30. The molecular weight excluding hydrogens is 120 g/mol. The first kappa shape index (κ1) is 8.59. The Morgan fingerprint density at radius 3 is 2.44 bits per heavy atom. The topological polar surface area (TPSA) is 57.5 Å². The van der Waals surface area contributed by atoms with Gasteiger partial charge in [0.05, 0.1) is 0 Å². The van der Waals surface area contributed by atoms with Gasteiger partial charge >= 0.3 is 0 Å². The van der Waals surface area contributed by atoms with Crippen molar-refractivity contribution >= 4 is 6.29 Å².